The summed E-state index contributed by atoms with van der Waals surface area (Å²) in [4.78, 5) is 0. The van der Waals surface area contributed by atoms with Gasteiger partial charge in [-0.1, -0.05) is 6.07 Å². The van der Waals surface area contributed by atoms with Gasteiger partial charge in [0.1, 0.15) is 0 Å². The monoisotopic (exact) mass is 242 g/mol. The van der Waals surface area contributed by atoms with Crippen molar-refractivity contribution in [2.24, 2.45) is 5.14 Å². The predicted molar refractivity (Wildman–Crippen MR) is 63.5 cm³/mol. The Hall–Kier alpha value is -1.31. The second kappa shape index (κ2) is 4.28. The third-order valence-corrected chi connectivity index (χ3v) is 2.80. The highest BCUT2D eigenvalue weighted by Crippen LogP contribution is 2.17. The number of benzene rings is 1. The lowest BCUT2D eigenvalue weighted by atomic mass is 10.1. The summed E-state index contributed by atoms with van der Waals surface area (Å²) in [6, 6.07) is 7.41. The lowest BCUT2D eigenvalue weighted by Gasteiger charge is -2.29. The Balaban J connectivity index is 2.06. The van der Waals surface area contributed by atoms with Gasteiger partial charge in [0, 0.05) is 18.8 Å². The molecule has 16 heavy (non-hydrogen) atoms. The van der Waals surface area contributed by atoms with E-state index >= 15 is 0 Å². The maximum absolute atomic E-state index is 10.8. The molecule has 1 aromatic carbocycles. The fraction of sp³-hybridized carbons (Fsp3) is 0.333. The number of hydrogen-bond acceptors (Lipinski definition) is 4. The predicted octanol–water partition coefficient (Wildman–Crippen LogP) is -0.314. The zero-order chi connectivity index (χ0) is 11.6. The summed E-state index contributed by atoms with van der Waals surface area (Å²) in [5.41, 5.74) is 1.33. The minimum absolute atomic E-state index is 0.407. The maximum atomic E-state index is 10.8. The molecule has 0 radical (unpaired) electrons. The van der Waals surface area contributed by atoms with Crippen LogP contribution in [0.25, 0.3) is 0 Å². The second-order valence-corrected chi connectivity index (χ2v) is 5.02. The molecule has 1 aliphatic rings. The largest absolute Gasteiger partial charge is 0.380 e. The Morgan fingerprint density at radius 1 is 1.31 bits per heavy atom. The average molecular weight is 242 g/mol. The summed E-state index contributed by atoms with van der Waals surface area (Å²) in [7, 11) is -3.70. The number of anilines is 2. The first-order valence-corrected chi connectivity index (χ1v) is 6.45. The molecule has 2 rings (SSSR count). The molecule has 1 fully saturated rings. The number of nitrogens with one attached hydrogen (secondary N) is 3. The lowest BCUT2D eigenvalue weighted by Crippen LogP contribution is -2.51. The van der Waals surface area contributed by atoms with Crippen LogP contribution in [0.15, 0.2) is 24.3 Å². The molecule has 1 saturated heterocycles. The summed E-state index contributed by atoms with van der Waals surface area (Å²) < 4.78 is 23.9. The van der Waals surface area contributed by atoms with E-state index in [0.29, 0.717) is 11.7 Å². The van der Waals surface area contributed by atoms with Gasteiger partial charge < -0.3 is 10.6 Å². The van der Waals surface area contributed by atoms with Gasteiger partial charge in [0.15, 0.2) is 0 Å². The second-order valence-electron chi connectivity index (χ2n) is 3.73. The van der Waals surface area contributed by atoms with E-state index < -0.39 is 10.2 Å². The normalized spacial score (nSPS) is 16.6. The summed E-state index contributed by atoms with van der Waals surface area (Å²) >= 11 is 0. The van der Waals surface area contributed by atoms with E-state index in [-0.39, 0.29) is 0 Å². The first-order valence-electron chi connectivity index (χ1n) is 4.91. The van der Waals surface area contributed by atoms with Crippen LogP contribution in [0.2, 0.25) is 0 Å². The standard InChI is InChI=1S/C9H14N4O2S/c10-16(14,15)13-8-3-1-2-7(4-8)12-9-5-11-6-9/h1-4,9,11-13H,5-6H2,(H2,10,14,15). The highest BCUT2D eigenvalue weighted by Gasteiger charge is 2.15. The van der Waals surface area contributed by atoms with Crippen molar-refractivity contribution in [3.05, 3.63) is 24.3 Å². The number of rotatable bonds is 4. The zero-order valence-electron chi connectivity index (χ0n) is 8.60. The van der Waals surface area contributed by atoms with Crippen LogP contribution in [0.3, 0.4) is 0 Å². The van der Waals surface area contributed by atoms with E-state index in [2.05, 4.69) is 15.4 Å². The van der Waals surface area contributed by atoms with Crippen molar-refractivity contribution in [1.29, 1.82) is 0 Å². The molecule has 0 aromatic heterocycles. The maximum Gasteiger partial charge on any atom is 0.296 e. The van der Waals surface area contributed by atoms with Crippen LogP contribution in [0.4, 0.5) is 11.4 Å². The first-order chi connectivity index (χ1) is 7.53. The fourth-order valence-electron chi connectivity index (χ4n) is 1.46. The van der Waals surface area contributed by atoms with Gasteiger partial charge in [0.05, 0.1) is 11.7 Å². The molecule has 1 aliphatic heterocycles. The van der Waals surface area contributed by atoms with Gasteiger partial charge in [0.2, 0.25) is 0 Å². The molecule has 0 aliphatic carbocycles. The van der Waals surface area contributed by atoms with E-state index in [4.69, 9.17) is 5.14 Å². The molecule has 6 nitrogen and oxygen atoms in total. The van der Waals surface area contributed by atoms with E-state index in [9.17, 15) is 8.42 Å². The molecule has 0 bridgehead atoms. The Morgan fingerprint density at radius 3 is 2.56 bits per heavy atom. The molecular weight excluding hydrogens is 228 g/mol. The summed E-state index contributed by atoms with van der Waals surface area (Å²) in [5, 5.41) is 11.3. The molecule has 1 aromatic rings. The molecular formula is C9H14N4O2S. The van der Waals surface area contributed by atoms with Crippen LogP contribution in [-0.2, 0) is 10.2 Å². The van der Waals surface area contributed by atoms with Crippen molar-refractivity contribution in [2.75, 3.05) is 23.1 Å². The minimum Gasteiger partial charge on any atom is -0.380 e. The Morgan fingerprint density at radius 2 is 2.00 bits per heavy atom. The van der Waals surface area contributed by atoms with Crippen LogP contribution < -0.4 is 20.5 Å². The highest BCUT2D eigenvalue weighted by atomic mass is 32.2. The quantitative estimate of drug-likeness (QED) is 0.582. The Bertz CT molecular complexity index is 470. The van der Waals surface area contributed by atoms with Crippen molar-refractivity contribution in [3.8, 4) is 0 Å². The molecule has 0 atom stereocenters. The van der Waals surface area contributed by atoms with Crippen LogP contribution in [0.5, 0.6) is 0 Å². The van der Waals surface area contributed by atoms with Crippen LogP contribution in [-0.4, -0.2) is 27.5 Å². The third-order valence-electron chi connectivity index (χ3n) is 2.27. The van der Waals surface area contributed by atoms with Gasteiger partial charge in [0.25, 0.3) is 10.2 Å². The van der Waals surface area contributed by atoms with E-state index in [0.717, 1.165) is 18.8 Å². The smallest absolute Gasteiger partial charge is 0.296 e. The van der Waals surface area contributed by atoms with Crippen molar-refractivity contribution in [1.82, 2.24) is 5.32 Å². The summed E-state index contributed by atoms with van der Waals surface area (Å²) in [5.74, 6) is 0. The van der Waals surface area contributed by atoms with Crippen molar-refractivity contribution >= 4 is 21.6 Å². The van der Waals surface area contributed by atoms with E-state index in [1.54, 1.807) is 18.2 Å². The lowest BCUT2D eigenvalue weighted by molar-refractivity contribution is 0.472. The molecule has 0 unspecified atom stereocenters. The molecule has 5 N–H and O–H groups in total. The van der Waals surface area contributed by atoms with E-state index in [1.807, 2.05) is 6.07 Å². The minimum atomic E-state index is -3.70. The molecule has 1 heterocycles. The van der Waals surface area contributed by atoms with Gasteiger partial charge in [-0.15, -0.1) is 0 Å². The molecule has 0 saturated carbocycles. The van der Waals surface area contributed by atoms with E-state index in [1.165, 1.54) is 0 Å². The number of hydrogen-bond donors (Lipinski definition) is 4. The average Bonchev–Trinajstić information content (AvgIpc) is 2.09. The zero-order valence-corrected chi connectivity index (χ0v) is 9.42. The van der Waals surface area contributed by atoms with Crippen LogP contribution in [0, 0.1) is 0 Å². The topological polar surface area (TPSA) is 96.2 Å². The van der Waals surface area contributed by atoms with Gasteiger partial charge in [-0.25, -0.2) is 5.14 Å². The van der Waals surface area contributed by atoms with Gasteiger partial charge >= 0.3 is 0 Å². The third kappa shape index (κ3) is 3.09. The van der Waals surface area contributed by atoms with Crippen molar-refractivity contribution in [3.63, 3.8) is 0 Å². The first kappa shape index (κ1) is 11.2. The SMILES string of the molecule is NS(=O)(=O)Nc1cccc(NC2CNC2)c1. The highest BCUT2D eigenvalue weighted by molar-refractivity contribution is 7.90. The molecule has 0 spiro atoms. The van der Waals surface area contributed by atoms with Crippen LogP contribution in [0.1, 0.15) is 0 Å². The van der Waals surface area contributed by atoms with Gasteiger partial charge in [-0.3, -0.25) is 4.72 Å². The number of nitrogens with two attached hydrogens (primary N) is 1. The molecule has 88 valence electrons. The summed E-state index contributed by atoms with van der Waals surface area (Å²) in [6.45, 7) is 1.85. The Kier molecular flexibility index (Phi) is 2.99. The van der Waals surface area contributed by atoms with Gasteiger partial charge in [-0.05, 0) is 18.2 Å². The van der Waals surface area contributed by atoms with Crippen LogP contribution >= 0.6 is 0 Å². The summed E-state index contributed by atoms with van der Waals surface area (Å²) in [6.07, 6.45) is 0. The van der Waals surface area contributed by atoms with Crippen molar-refractivity contribution in [2.45, 2.75) is 6.04 Å². The van der Waals surface area contributed by atoms with Crippen molar-refractivity contribution < 1.29 is 8.42 Å². The fourth-order valence-corrected chi connectivity index (χ4v) is 1.92. The molecule has 7 heteroatoms. The van der Waals surface area contributed by atoms with Gasteiger partial charge in [-0.2, -0.15) is 8.42 Å². The molecule has 0 amide bonds. The Labute approximate surface area is 94.4 Å².